The van der Waals surface area contributed by atoms with Crippen LogP contribution in [0.25, 0.3) is 10.9 Å². The van der Waals surface area contributed by atoms with Crippen molar-refractivity contribution in [2.45, 2.75) is 45.1 Å². The molecule has 206 valence electrons. The van der Waals surface area contributed by atoms with E-state index >= 15 is 0 Å². The molecule has 2 aromatic carbocycles. The van der Waals surface area contributed by atoms with Crippen LogP contribution >= 0.6 is 0 Å². The third-order valence-corrected chi connectivity index (χ3v) is 7.62. The van der Waals surface area contributed by atoms with Gasteiger partial charge in [-0.1, -0.05) is 30.3 Å². The standard InChI is InChI=1S/C31H37N3O5/c1-3-33-16-18-37-27-14-7-4-10-24(27)11-8-9-15-31(30(33)36)22-34(17-19-39-31)29(35)21-38-28-20-23(2)32-26-13-6-5-12-25(26)28/h4-7,10,12-14,20H,3,8-9,11,15-19,21-22H2,1-2H3. The topological polar surface area (TPSA) is 81.2 Å². The van der Waals surface area contributed by atoms with E-state index in [0.717, 1.165) is 41.6 Å². The molecule has 39 heavy (non-hydrogen) atoms. The van der Waals surface area contributed by atoms with Crippen molar-refractivity contribution in [2.75, 3.05) is 46.0 Å². The number of aryl methyl sites for hydroxylation is 2. The number of nitrogens with zero attached hydrogens (tertiary/aromatic N) is 3. The lowest BCUT2D eigenvalue weighted by molar-refractivity contribution is -0.177. The Labute approximate surface area is 229 Å². The summed E-state index contributed by atoms with van der Waals surface area (Å²) in [5.74, 6) is 1.29. The van der Waals surface area contributed by atoms with Crippen LogP contribution in [0.15, 0.2) is 54.6 Å². The second kappa shape index (κ2) is 12.0. The molecule has 1 aromatic heterocycles. The molecule has 1 fully saturated rings. The van der Waals surface area contributed by atoms with Crippen LogP contribution in [0.3, 0.4) is 0 Å². The van der Waals surface area contributed by atoms with E-state index in [4.69, 9.17) is 14.2 Å². The van der Waals surface area contributed by atoms with Crippen molar-refractivity contribution in [3.63, 3.8) is 0 Å². The average Bonchev–Trinajstić information content (AvgIpc) is 2.96. The molecule has 0 bridgehead atoms. The number of fused-ring (bicyclic) bond motifs is 2. The molecular formula is C31H37N3O5. The molecule has 1 spiro atoms. The Morgan fingerprint density at radius 2 is 1.90 bits per heavy atom. The van der Waals surface area contributed by atoms with Crippen molar-refractivity contribution >= 4 is 22.7 Å². The molecule has 8 heteroatoms. The van der Waals surface area contributed by atoms with Crippen LogP contribution in [0.2, 0.25) is 0 Å². The molecule has 0 saturated carbocycles. The highest BCUT2D eigenvalue weighted by Crippen LogP contribution is 2.30. The zero-order chi connectivity index (χ0) is 27.2. The smallest absolute Gasteiger partial charge is 0.260 e. The molecular weight excluding hydrogens is 494 g/mol. The normalized spacial score (nSPS) is 20.6. The van der Waals surface area contributed by atoms with Gasteiger partial charge in [0, 0.05) is 30.2 Å². The third kappa shape index (κ3) is 6.01. The van der Waals surface area contributed by atoms with Gasteiger partial charge in [-0.2, -0.15) is 0 Å². The summed E-state index contributed by atoms with van der Waals surface area (Å²) >= 11 is 0. The Morgan fingerprint density at radius 3 is 2.77 bits per heavy atom. The Balaban J connectivity index is 1.31. The molecule has 3 heterocycles. The van der Waals surface area contributed by atoms with E-state index in [1.54, 1.807) is 9.80 Å². The number of pyridine rings is 1. The van der Waals surface area contributed by atoms with E-state index in [9.17, 15) is 9.59 Å². The molecule has 1 atom stereocenters. The molecule has 0 radical (unpaired) electrons. The monoisotopic (exact) mass is 531 g/mol. The fraction of sp³-hybridized carbons (Fsp3) is 0.452. The van der Waals surface area contributed by atoms with Crippen molar-refractivity contribution in [1.29, 1.82) is 0 Å². The van der Waals surface area contributed by atoms with Crippen LogP contribution in [0.5, 0.6) is 11.5 Å². The van der Waals surface area contributed by atoms with Gasteiger partial charge in [-0.3, -0.25) is 14.6 Å². The molecule has 3 aromatic rings. The number of morpholine rings is 1. The number of hydrogen-bond donors (Lipinski definition) is 0. The van der Waals surface area contributed by atoms with E-state index in [1.165, 1.54) is 5.56 Å². The maximum Gasteiger partial charge on any atom is 0.260 e. The van der Waals surface area contributed by atoms with Gasteiger partial charge in [0.15, 0.2) is 12.2 Å². The summed E-state index contributed by atoms with van der Waals surface area (Å²) in [5.41, 5.74) is 1.77. The number of hydrogen-bond acceptors (Lipinski definition) is 6. The number of para-hydroxylation sites is 2. The minimum absolute atomic E-state index is 0.0726. The number of likely N-dealkylation sites (N-methyl/N-ethyl adjacent to an activating group) is 1. The first-order valence-electron chi connectivity index (χ1n) is 13.9. The number of carbonyl (C=O) groups excluding carboxylic acids is 2. The first-order chi connectivity index (χ1) is 19.0. The Hall–Kier alpha value is -3.65. The van der Waals surface area contributed by atoms with Crippen LogP contribution in [0.1, 0.15) is 37.4 Å². The van der Waals surface area contributed by atoms with Gasteiger partial charge in [0.25, 0.3) is 11.8 Å². The van der Waals surface area contributed by atoms with Crippen molar-refractivity contribution < 1.29 is 23.8 Å². The molecule has 2 aliphatic heterocycles. The average molecular weight is 532 g/mol. The van der Waals surface area contributed by atoms with E-state index in [2.05, 4.69) is 11.1 Å². The summed E-state index contributed by atoms with van der Waals surface area (Å²) in [7, 11) is 0. The number of benzene rings is 2. The van der Waals surface area contributed by atoms with Gasteiger partial charge >= 0.3 is 0 Å². The molecule has 0 aliphatic carbocycles. The van der Waals surface area contributed by atoms with Crippen LogP contribution in [-0.2, 0) is 20.7 Å². The van der Waals surface area contributed by atoms with Crippen molar-refractivity contribution in [3.8, 4) is 11.5 Å². The number of rotatable bonds is 4. The van der Waals surface area contributed by atoms with E-state index in [1.807, 2.05) is 62.4 Å². The zero-order valence-corrected chi connectivity index (χ0v) is 22.9. The first-order valence-corrected chi connectivity index (χ1v) is 13.9. The first kappa shape index (κ1) is 26.9. The van der Waals surface area contributed by atoms with Gasteiger partial charge in [0.05, 0.1) is 25.2 Å². The van der Waals surface area contributed by atoms with Crippen molar-refractivity contribution in [3.05, 3.63) is 65.9 Å². The molecule has 5 rings (SSSR count). The lowest BCUT2D eigenvalue weighted by Crippen LogP contribution is -2.62. The van der Waals surface area contributed by atoms with Gasteiger partial charge in [-0.25, -0.2) is 0 Å². The number of carbonyl (C=O) groups is 2. The number of aromatic nitrogens is 1. The van der Waals surface area contributed by atoms with Crippen LogP contribution in [0, 0.1) is 6.92 Å². The minimum atomic E-state index is -1.07. The molecule has 1 saturated heterocycles. The zero-order valence-electron chi connectivity index (χ0n) is 22.9. The van der Waals surface area contributed by atoms with Gasteiger partial charge in [0.1, 0.15) is 18.1 Å². The third-order valence-electron chi connectivity index (χ3n) is 7.62. The highest BCUT2D eigenvalue weighted by Gasteiger charge is 2.46. The fourth-order valence-corrected chi connectivity index (χ4v) is 5.54. The lowest BCUT2D eigenvalue weighted by atomic mass is 9.91. The SMILES string of the molecule is CCN1CCOc2ccccc2CCCCC2(CN(C(=O)COc3cc(C)nc4ccccc34)CCO2)C1=O. The van der Waals surface area contributed by atoms with E-state index in [-0.39, 0.29) is 25.0 Å². The molecule has 0 N–H and O–H groups in total. The maximum atomic E-state index is 13.9. The highest BCUT2D eigenvalue weighted by molar-refractivity contribution is 5.88. The largest absolute Gasteiger partial charge is 0.491 e. The summed E-state index contributed by atoms with van der Waals surface area (Å²) in [6.07, 6.45) is 3.13. The second-order valence-electron chi connectivity index (χ2n) is 10.3. The van der Waals surface area contributed by atoms with E-state index in [0.29, 0.717) is 45.0 Å². The Bertz CT molecular complexity index is 1330. The molecule has 2 aliphatic rings. The molecule has 2 amide bonds. The van der Waals surface area contributed by atoms with Gasteiger partial charge in [-0.15, -0.1) is 0 Å². The highest BCUT2D eigenvalue weighted by atomic mass is 16.5. The summed E-state index contributed by atoms with van der Waals surface area (Å²) in [6.45, 7) is 6.13. The molecule has 8 nitrogen and oxygen atoms in total. The van der Waals surface area contributed by atoms with E-state index < -0.39 is 5.60 Å². The summed E-state index contributed by atoms with van der Waals surface area (Å²) in [5, 5.41) is 0.867. The Kier molecular flexibility index (Phi) is 8.31. The van der Waals surface area contributed by atoms with Gasteiger partial charge in [0.2, 0.25) is 0 Å². The van der Waals surface area contributed by atoms with Gasteiger partial charge < -0.3 is 24.0 Å². The number of ether oxygens (including phenoxy) is 3. The van der Waals surface area contributed by atoms with Crippen LogP contribution in [-0.4, -0.2) is 78.2 Å². The van der Waals surface area contributed by atoms with Crippen molar-refractivity contribution in [2.24, 2.45) is 0 Å². The Morgan fingerprint density at radius 1 is 1.08 bits per heavy atom. The summed E-state index contributed by atoms with van der Waals surface area (Å²) in [4.78, 5) is 35.4. The quantitative estimate of drug-likeness (QED) is 0.503. The maximum absolute atomic E-state index is 13.9. The minimum Gasteiger partial charge on any atom is -0.491 e. The summed E-state index contributed by atoms with van der Waals surface area (Å²) < 4.78 is 18.4. The van der Waals surface area contributed by atoms with Crippen LogP contribution < -0.4 is 9.47 Å². The second-order valence-corrected chi connectivity index (χ2v) is 10.3. The van der Waals surface area contributed by atoms with Crippen molar-refractivity contribution in [1.82, 2.24) is 14.8 Å². The fourth-order valence-electron chi connectivity index (χ4n) is 5.54. The number of amides is 2. The molecule has 1 unspecified atom stereocenters. The predicted molar refractivity (Wildman–Crippen MR) is 149 cm³/mol. The summed E-state index contributed by atoms with van der Waals surface area (Å²) in [6, 6.07) is 17.7. The van der Waals surface area contributed by atoms with Crippen LogP contribution in [0.4, 0.5) is 0 Å². The predicted octanol–water partition coefficient (Wildman–Crippen LogP) is 4.17. The van der Waals surface area contributed by atoms with Gasteiger partial charge in [-0.05, 0) is 63.3 Å². The lowest BCUT2D eigenvalue weighted by Gasteiger charge is -2.44.